The van der Waals surface area contributed by atoms with Crippen LogP contribution in [0.25, 0.3) is 17.2 Å². The van der Waals surface area contributed by atoms with Gasteiger partial charge in [0.2, 0.25) is 0 Å². The first-order valence-electron chi connectivity index (χ1n) is 9.24. The Kier molecular flexibility index (Phi) is 4.49. The molecule has 1 saturated heterocycles. The van der Waals surface area contributed by atoms with Crippen molar-refractivity contribution < 1.29 is 0 Å². The molecular weight excluding hydrogens is 352 g/mol. The second-order valence-corrected chi connectivity index (χ2v) is 7.13. The molecule has 0 aliphatic carbocycles. The van der Waals surface area contributed by atoms with E-state index in [0.717, 1.165) is 36.3 Å². The first-order chi connectivity index (χ1) is 13.5. The fourth-order valence-corrected chi connectivity index (χ4v) is 3.83. The maximum atomic E-state index is 13.1. The van der Waals surface area contributed by atoms with E-state index in [0.29, 0.717) is 23.4 Å². The average molecular weight is 374 g/mol. The molecule has 0 spiro atoms. The molecule has 4 rings (SSSR count). The van der Waals surface area contributed by atoms with Crippen molar-refractivity contribution in [2.24, 2.45) is 12.8 Å². The summed E-state index contributed by atoms with van der Waals surface area (Å²) < 4.78 is 3.25. The van der Waals surface area contributed by atoms with Gasteiger partial charge in [-0.05, 0) is 30.2 Å². The summed E-state index contributed by atoms with van der Waals surface area (Å²) in [5, 5.41) is 9.42. The van der Waals surface area contributed by atoms with Crippen molar-refractivity contribution in [3.8, 4) is 6.07 Å². The van der Waals surface area contributed by atoms with Crippen molar-refractivity contribution in [1.82, 2.24) is 14.1 Å². The van der Waals surface area contributed by atoms with Gasteiger partial charge in [0.05, 0.1) is 29.6 Å². The minimum Gasteiger partial charge on any atom is -0.368 e. The van der Waals surface area contributed by atoms with E-state index in [4.69, 9.17) is 5.73 Å². The molecular formula is C21H22N6O. The number of fused-ring (bicyclic) bond motifs is 1. The van der Waals surface area contributed by atoms with Crippen LogP contribution in [0.3, 0.4) is 0 Å². The lowest BCUT2D eigenvalue weighted by molar-refractivity contribution is 0.732. The average Bonchev–Trinajstić information content (AvgIpc) is 3.25. The maximum Gasteiger partial charge on any atom is 0.330 e. The van der Waals surface area contributed by atoms with E-state index in [2.05, 4.69) is 22.5 Å². The zero-order valence-electron chi connectivity index (χ0n) is 15.8. The Morgan fingerprint density at radius 1 is 1.43 bits per heavy atom. The summed E-state index contributed by atoms with van der Waals surface area (Å²) in [5.41, 5.74) is 10.3. The molecule has 3 heterocycles. The summed E-state index contributed by atoms with van der Waals surface area (Å²) in [7, 11) is 1.72. The highest BCUT2D eigenvalue weighted by atomic mass is 16.1. The largest absolute Gasteiger partial charge is 0.368 e. The first-order valence-corrected chi connectivity index (χ1v) is 9.24. The molecule has 1 aliphatic heterocycles. The number of hydrogen-bond donors (Lipinski definition) is 1. The van der Waals surface area contributed by atoms with Crippen molar-refractivity contribution in [1.29, 1.82) is 5.26 Å². The Morgan fingerprint density at radius 3 is 2.89 bits per heavy atom. The molecule has 1 aromatic carbocycles. The van der Waals surface area contributed by atoms with Crippen LogP contribution < -0.4 is 16.3 Å². The second kappa shape index (κ2) is 6.98. The van der Waals surface area contributed by atoms with Crippen molar-refractivity contribution in [2.75, 3.05) is 18.0 Å². The van der Waals surface area contributed by atoms with Crippen LogP contribution in [0.15, 0.2) is 41.7 Å². The molecule has 1 atom stereocenters. The molecule has 2 N–H and O–H groups in total. The Hall–Kier alpha value is -3.37. The normalized spacial score (nSPS) is 16.5. The molecule has 142 valence electrons. The minimum absolute atomic E-state index is 0.110. The third-order valence-corrected chi connectivity index (χ3v) is 5.32. The molecule has 1 fully saturated rings. The van der Waals surface area contributed by atoms with Crippen LogP contribution in [-0.4, -0.2) is 33.2 Å². The number of aryl methyl sites for hydroxylation is 1. The van der Waals surface area contributed by atoms with Gasteiger partial charge in [0.25, 0.3) is 0 Å². The van der Waals surface area contributed by atoms with Gasteiger partial charge in [-0.25, -0.2) is 9.78 Å². The van der Waals surface area contributed by atoms with Crippen molar-refractivity contribution in [3.63, 3.8) is 0 Å². The molecule has 1 aliphatic rings. The molecule has 7 heteroatoms. The Balaban J connectivity index is 1.96. The molecule has 3 aromatic rings. The van der Waals surface area contributed by atoms with Crippen LogP contribution >= 0.6 is 0 Å². The van der Waals surface area contributed by atoms with Gasteiger partial charge in [-0.3, -0.25) is 9.13 Å². The van der Waals surface area contributed by atoms with Crippen molar-refractivity contribution in [3.05, 3.63) is 64.2 Å². The Bertz CT molecular complexity index is 1170. The van der Waals surface area contributed by atoms with Crippen molar-refractivity contribution in [2.45, 2.75) is 19.0 Å². The lowest BCUT2D eigenvalue weighted by Gasteiger charge is -2.20. The minimum atomic E-state index is -0.166. The van der Waals surface area contributed by atoms with Gasteiger partial charge in [0.15, 0.2) is 5.65 Å². The van der Waals surface area contributed by atoms with Gasteiger partial charge in [-0.15, -0.1) is 0 Å². The molecule has 0 radical (unpaired) electrons. The van der Waals surface area contributed by atoms with Crippen LogP contribution in [0.4, 0.5) is 5.69 Å². The molecule has 0 bridgehead atoms. The zero-order chi connectivity index (χ0) is 19.8. The molecule has 0 unspecified atom stereocenters. The highest BCUT2D eigenvalue weighted by Gasteiger charge is 2.25. The van der Waals surface area contributed by atoms with Crippen LogP contribution in [0, 0.1) is 11.3 Å². The quantitative estimate of drug-likeness (QED) is 0.752. The summed E-state index contributed by atoms with van der Waals surface area (Å²) in [4.78, 5) is 19.9. The maximum absolute atomic E-state index is 13.1. The highest BCUT2D eigenvalue weighted by molar-refractivity contribution is 5.88. The number of anilines is 1. The monoisotopic (exact) mass is 374 g/mol. The third-order valence-electron chi connectivity index (χ3n) is 5.32. The van der Waals surface area contributed by atoms with Crippen LogP contribution in [0.1, 0.15) is 23.2 Å². The number of rotatable bonds is 4. The van der Waals surface area contributed by atoms with Gasteiger partial charge in [0, 0.05) is 26.2 Å². The standard InChI is InChI=1S/C21H22N6O/c1-3-17-10-18(26-9-8-16(23)13-26)19-20(24-17)25(2)21(28)27(19)12-15-7-5-4-6-14(15)11-22/h3-7,10,16H,1,8-9,12-13,23H2,2H3/t16-/m1/s1. The summed E-state index contributed by atoms with van der Waals surface area (Å²) in [6, 6.07) is 11.6. The number of nitrogens with zero attached hydrogens (tertiary/aromatic N) is 5. The van der Waals surface area contributed by atoms with E-state index in [9.17, 15) is 10.1 Å². The van der Waals surface area contributed by atoms with Gasteiger partial charge in [0.1, 0.15) is 5.52 Å². The number of aromatic nitrogens is 3. The zero-order valence-corrected chi connectivity index (χ0v) is 15.8. The van der Waals surface area contributed by atoms with Gasteiger partial charge in [-0.1, -0.05) is 24.8 Å². The molecule has 0 amide bonds. The number of nitrogens with two attached hydrogens (primary N) is 1. The summed E-state index contributed by atoms with van der Waals surface area (Å²) in [6.07, 6.45) is 2.59. The van der Waals surface area contributed by atoms with Crippen LogP contribution in [0.5, 0.6) is 0 Å². The van der Waals surface area contributed by atoms with E-state index < -0.39 is 0 Å². The van der Waals surface area contributed by atoms with E-state index in [-0.39, 0.29) is 11.7 Å². The molecule has 28 heavy (non-hydrogen) atoms. The highest BCUT2D eigenvalue weighted by Crippen LogP contribution is 2.30. The first kappa shape index (κ1) is 18.0. The Labute approximate surface area is 162 Å². The fourth-order valence-electron chi connectivity index (χ4n) is 3.83. The predicted octanol–water partition coefficient (Wildman–Crippen LogP) is 1.84. The third kappa shape index (κ3) is 2.88. The van der Waals surface area contributed by atoms with Gasteiger partial charge >= 0.3 is 5.69 Å². The number of hydrogen-bond acceptors (Lipinski definition) is 5. The summed E-state index contributed by atoms with van der Waals surface area (Å²) in [6.45, 7) is 5.70. The molecule has 7 nitrogen and oxygen atoms in total. The van der Waals surface area contributed by atoms with Crippen molar-refractivity contribution >= 4 is 22.9 Å². The lowest BCUT2D eigenvalue weighted by atomic mass is 10.1. The van der Waals surface area contributed by atoms with Gasteiger partial charge in [-0.2, -0.15) is 5.26 Å². The van der Waals surface area contributed by atoms with E-state index in [1.165, 1.54) is 0 Å². The van der Waals surface area contributed by atoms with E-state index >= 15 is 0 Å². The van der Waals surface area contributed by atoms with Crippen LogP contribution in [0.2, 0.25) is 0 Å². The number of nitriles is 1. The molecule has 0 saturated carbocycles. The summed E-state index contributed by atoms with van der Waals surface area (Å²) >= 11 is 0. The van der Waals surface area contributed by atoms with Gasteiger partial charge < -0.3 is 10.6 Å². The number of imidazole rings is 1. The fraction of sp³-hybridized carbons (Fsp3) is 0.286. The topological polar surface area (TPSA) is 92.9 Å². The number of pyridine rings is 1. The predicted molar refractivity (Wildman–Crippen MR) is 110 cm³/mol. The second-order valence-electron chi connectivity index (χ2n) is 7.13. The SMILES string of the molecule is C=Cc1cc(N2CC[C@@H](N)C2)c2c(n1)n(C)c(=O)n2Cc1ccccc1C#N. The molecule has 2 aromatic heterocycles. The Morgan fingerprint density at radius 2 is 2.21 bits per heavy atom. The smallest absolute Gasteiger partial charge is 0.330 e. The van der Waals surface area contributed by atoms with Crippen LogP contribution in [-0.2, 0) is 13.6 Å². The summed E-state index contributed by atoms with van der Waals surface area (Å²) in [5.74, 6) is 0. The number of benzene rings is 1. The van der Waals surface area contributed by atoms with E-state index in [1.54, 1.807) is 28.3 Å². The lowest BCUT2D eigenvalue weighted by Crippen LogP contribution is -2.27. The van der Waals surface area contributed by atoms with E-state index in [1.807, 2.05) is 24.3 Å².